The van der Waals surface area contributed by atoms with Gasteiger partial charge in [-0.15, -0.1) is 0 Å². The van der Waals surface area contributed by atoms with Gasteiger partial charge in [-0.1, -0.05) is 6.92 Å². The smallest absolute Gasteiger partial charge is 0.407 e. The van der Waals surface area contributed by atoms with E-state index in [0.29, 0.717) is 12.1 Å². The van der Waals surface area contributed by atoms with E-state index < -0.39 is 5.60 Å². The predicted molar refractivity (Wildman–Crippen MR) is 84.0 cm³/mol. The highest BCUT2D eigenvalue weighted by Crippen LogP contribution is 2.25. The summed E-state index contributed by atoms with van der Waals surface area (Å²) in [5.74, 6) is 0. The number of amides is 1. The van der Waals surface area contributed by atoms with Gasteiger partial charge in [-0.3, -0.25) is 0 Å². The van der Waals surface area contributed by atoms with Crippen LogP contribution in [0.15, 0.2) is 0 Å². The minimum absolute atomic E-state index is 0.215. The number of carbonyl (C=O) groups excluding carboxylic acids is 1. The van der Waals surface area contributed by atoms with Crippen LogP contribution in [0.2, 0.25) is 0 Å². The Morgan fingerprint density at radius 1 is 1.29 bits per heavy atom. The highest BCUT2D eigenvalue weighted by molar-refractivity contribution is 5.68. The fourth-order valence-corrected chi connectivity index (χ4v) is 2.82. The van der Waals surface area contributed by atoms with Gasteiger partial charge in [0.25, 0.3) is 0 Å². The summed E-state index contributed by atoms with van der Waals surface area (Å²) in [6.45, 7) is 10.0. The van der Waals surface area contributed by atoms with E-state index in [1.807, 2.05) is 20.8 Å². The van der Waals surface area contributed by atoms with Gasteiger partial charge in [-0.2, -0.15) is 5.06 Å². The SMILES string of the molecule is CCC(C)N(OC)C1CCC(NC(=O)OC(C)(C)C)CC1. The molecule has 1 saturated carbocycles. The van der Waals surface area contributed by atoms with Crippen molar-refractivity contribution < 1.29 is 14.4 Å². The fraction of sp³-hybridized carbons (Fsp3) is 0.938. The molecule has 1 amide bonds. The zero-order valence-electron chi connectivity index (χ0n) is 14.4. The molecular formula is C16H32N2O3. The van der Waals surface area contributed by atoms with Crippen LogP contribution in [0, 0.1) is 0 Å². The lowest BCUT2D eigenvalue weighted by molar-refractivity contribution is -0.194. The molecule has 0 saturated heterocycles. The molecule has 1 rings (SSSR count). The Morgan fingerprint density at radius 3 is 2.29 bits per heavy atom. The van der Waals surface area contributed by atoms with Crippen LogP contribution in [0.3, 0.4) is 0 Å². The maximum Gasteiger partial charge on any atom is 0.407 e. The topological polar surface area (TPSA) is 50.8 Å². The third-order valence-electron chi connectivity index (χ3n) is 4.01. The summed E-state index contributed by atoms with van der Waals surface area (Å²) in [5.41, 5.74) is -0.440. The number of nitrogens with one attached hydrogen (secondary N) is 1. The van der Waals surface area contributed by atoms with E-state index in [2.05, 4.69) is 24.2 Å². The molecule has 1 N–H and O–H groups in total. The van der Waals surface area contributed by atoms with E-state index in [0.717, 1.165) is 32.1 Å². The molecule has 0 radical (unpaired) electrons. The molecule has 0 aromatic carbocycles. The van der Waals surface area contributed by atoms with Gasteiger partial charge in [0.15, 0.2) is 0 Å². The van der Waals surface area contributed by atoms with Crippen LogP contribution in [0.1, 0.15) is 66.7 Å². The molecule has 0 bridgehead atoms. The van der Waals surface area contributed by atoms with Gasteiger partial charge in [0, 0.05) is 18.1 Å². The Bertz CT molecular complexity index is 320. The van der Waals surface area contributed by atoms with Gasteiger partial charge in [0.2, 0.25) is 0 Å². The molecule has 0 heterocycles. The molecule has 0 aromatic rings. The first-order chi connectivity index (χ1) is 9.76. The van der Waals surface area contributed by atoms with E-state index in [-0.39, 0.29) is 12.1 Å². The number of hydroxylamine groups is 2. The van der Waals surface area contributed by atoms with Crippen LogP contribution in [0.4, 0.5) is 4.79 Å². The van der Waals surface area contributed by atoms with Gasteiger partial charge in [-0.25, -0.2) is 4.79 Å². The van der Waals surface area contributed by atoms with Crippen LogP contribution in [0.5, 0.6) is 0 Å². The highest BCUT2D eigenvalue weighted by atomic mass is 16.7. The second-order valence-electron chi connectivity index (χ2n) is 6.95. The summed E-state index contributed by atoms with van der Waals surface area (Å²) >= 11 is 0. The minimum Gasteiger partial charge on any atom is -0.444 e. The number of carbonyl (C=O) groups is 1. The van der Waals surface area contributed by atoms with E-state index in [1.54, 1.807) is 7.11 Å². The predicted octanol–water partition coefficient (Wildman–Crippen LogP) is 3.48. The van der Waals surface area contributed by atoms with Gasteiger partial charge in [-0.05, 0) is 59.8 Å². The Morgan fingerprint density at radius 2 is 1.86 bits per heavy atom. The summed E-state index contributed by atoms with van der Waals surface area (Å²) in [4.78, 5) is 17.3. The molecular weight excluding hydrogens is 268 g/mol. The van der Waals surface area contributed by atoms with E-state index in [4.69, 9.17) is 9.57 Å². The molecule has 1 atom stereocenters. The zero-order valence-corrected chi connectivity index (χ0v) is 14.4. The van der Waals surface area contributed by atoms with Crippen molar-refractivity contribution in [2.45, 2.75) is 90.4 Å². The Balaban J connectivity index is 2.40. The maximum absolute atomic E-state index is 11.8. The van der Waals surface area contributed by atoms with Crippen molar-refractivity contribution in [3.8, 4) is 0 Å². The molecule has 0 spiro atoms. The van der Waals surface area contributed by atoms with Crippen molar-refractivity contribution in [1.82, 2.24) is 10.4 Å². The Kier molecular flexibility index (Phi) is 6.94. The van der Waals surface area contributed by atoms with Gasteiger partial charge < -0.3 is 14.9 Å². The second kappa shape index (κ2) is 7.99. The van der Waals surface area contributed by atoms with Crippen LogP contribution in [-0.4, -0.2) is 42.0 Å². The van der Waals surface area contributed by atoms with Crippen molar-refractivity contribution >= 4 is 6.09 Å². The third kappa shape index (κ3) is 6.22. The van der Waals surface area contributed by atoms with Crippen LogP contribution < -0.4 is 5.32 Å². The maximum atomic E-state index is 11.8. The molecule has 5 nitrogen and oxygen atoms in total. The molecule has 1 fully saturated rings. The lowest BCUT2D eigenvalue weighted by Gasteiger charge is -2.38. The number of hydrogen-bond acceptors (Lipinski definition) is 4. The third-order valence-corrected chi connectivity index (χ3v) is 4.01. The summed E-state index contributed by atoms with van der Waals surface area (Å²) in [5, 5.41) is 5.09. The first-order valence-corrected chi connectivity index (χ1v) is 8.08. The summed E-state index contributed by atoms with van der Waals surface area (Å²) in [7, 11) is 1.75. The van der Waals surface area contributed by atoms with Gasteiger partial charge in [0.05, 0.1) is 7.11 Å². The summed E-state index contributed by atoms with van der Waals surface area (Å²) < 4.78 is 5.31. The molecule has 1 unspecified atom stereocenters. The van der Waals surface area contributed by atoms with Gasteiger partial charge >= 0.3 is 6.09 Å². The summed E-state index contributed by atoms with van der Waals surface area (Å²) in [6.07, 6.45) is 4.79. The van der Waals surface area contributed by atoms with E-state index in [1.165, 1.54) is 0 Å². The molecule has 1 aliphatic rings. The first-order valence-electron chi connectivity index (χ1n) is 8.08. The fourth-order valence-electron chi connectivity index (χ4n) is 2.82. The molecule has 21 heavy (non-hydrogen) atoms. The lowest BCUT2D eigenvalue weighted by Crippen LogP contribution is -2.47. The van der Waals surface area contributed by atoms with Crippen LogP contribution in [-0.2, 0) is 9.57 Å². The molecule has 124 valence electrons. The standard InChI is InChI=1S/C16H32N2O3/c1-7-12(2)18(20-6)14-10-8-13(9-11-14)17-15(19)21-16(3,4)5/h12-14H,7-11H2,1-6H3,(H,17,19). The van der Waals surface area contributed by atoms with Gasteiger partial charge in [0.1, 0.15) is 5.60 Å². The lowest BCUT2D eigenvalue weighted by atomic mass is 9.90. The van der Waals surface area contributed by atoms with Crippen molar-refractivity contribution in [2.75, 3.05) is 7.11 Å². The largest absolute Gasteiger partial charge is 0.444 e. The zero-order chi connectivity index (χ0) is 16.0. The average Bonchev–Trinajstić information content (AvgIpc) is 2.39. The number of rotatable bonds is 5. The number of nitrogens with zero attached hydrogens (tertiary/aromatic N) is 1. The highest BCUT2D eigenvalue weighted by Gasteiger charge is 2.29. The molecule has 5 heteroatoms. The Labute approximate surface area is 129 Å². The first kappa shape index (κ1) is 18.2. The molecule has 0 aromatic heterocycles. The van der Waals surface area contributed by atoms with Crippen molar-refractivity contribution in [1.29, 1.82) is 0 Å². The average molecular weight is 300 g/mol. The number of hydrogen-bond donors (Lipinski definition) is 1. The normalized spacial score (nSPS) is 24.7. The van der Waals surface area contributed by atoms with E-state index >= 15 is 0 Å². The number of ether oxygens (including phenoxy) is 1. The monoisotopic (exact) mass is 300 g/mol. The van der Waals surface area contributed by atoms with Crippen LogP contribution in [0.25, 0.3) is 0 Å². The van der Waals surface area contributed by atoms with Crippen LogP contribution >= 0.6 is 0 Å². The number of alkyl carbamates (subject to hydrolysis) is 1. The molecule has 0 aliphatic heterocycles. The van der Waals surface area contributed by atoms with Crippen molar-refractivity contribution in [2.24, 2.45) is 0 Å². The van der Waals surface area contributed by atoms with Crippen molar-refractivity contribution in [3.05, 3.63) is 0 Å². The summed E-state index contributed by atoms with van der Waals surface area (Å²) in [6, 6.07) is 1.09. The van der Waals surface area contributed by atoms with Crippen molar-refractivity contribution in [3.63, 3.8) is 0 Å². The Hall–Kier alpha value is -0.810. The molecule has 1 aliphatic carbocycles. The quantitative estimate of drug-likeness (QED) is 0.790. The van der Waals surface area contributed by atoms with E-state index in [9.17, 15) is 4.79 Å². The minimum atomic E-state index is -0.440. The second-order valence-corrected chi connectivity index (χ2v) is 6.95.